The fourth-order valence-electron chi connectivity index (χ4n) is 2.15. The van der Waals surface area contributed by atoms with Crippen LogP contribution in [0.2, 0.25) is 0 Å². The predicted octanol–water partition coefficient (Wildman–Crippen LogP) is 2.33. The predicted molar refractivity (Wildman–Crippen MR) is 55.1 cm³/mol. The average Bonchev–Trinajstić information content (AvgIpc) is 2.29. The molecular formula is C11H19F2NO. The van der Waals surface area contributed by atoms with Gasteiger partial charge in [-0.1, -0.05) is 0 Å². The zero-order valence-electron chi connectivity index (χ0n) is 9.22. The van der Waals surface area contributed by atoms with Gasteiger partial charge in [-0.2, -0.15) is 0 Å². The van der Waals surface area contributed by atoms with Gasteiger partial charge in [-0.15, -0.1) is 0 Å². The molecule has 1 aliphatic heterocycles. The molecule has 0 saturated carbocycles. The van der Waals surface area contributed by atoms with Crippen LogP contribution in [0.3, 0.4) is 0 Å². The average molecular weight is 219 g/mol. The van der Waals surface area contributed by atoms with Crippen LogP contribution in [0.15, 0.2) is 0 Å². The van der Waals surface area contributed by atoms with Crippen LogP contribution in [0.1, 0.15) is 32.6 Å². The number of rotatable bonds is 4. The highest BCUT2D eigenvalue weighted by atomic mass is 19.3. The first-order valence-corrected chi connectivity index (χ1v) is 5.55. The zero-order chi connectivity index (χ0) is 11.3. The normalized spacial score (nSPS) is 24.9. The molecule has 1 saturated heterocycles. The molecule has 0 aromatic carbocycles. The number of carbonyl (C=O) groups is 1. The lowest BCUT2D eigenvalue weighted by atomic mass is 9.98. The monoisotopic (exact) mass is 219 g/mol. The van der Waals surface area contributed by atoms with E-state index in [9.17, 15) is 13.6 Å². The van der Waals surface area contributed by atoms with Gasteiger partial charge in [0.15, 0.2) is 0 Å². The summed E-state index contributed by atoms with van der Waals surface area (Å²) in [6, 6.07) is 0. The molecule has 0 radical (unpaired) electrons. The summed E-state index contributed by atoms with van der Waals surface area (Å²) >= 11 is 0. The van der Waals surface area contributed by atoms with E-state index >= 15 is 0 Å². The van der Waals surface area contributed by atoms with Gasteiger partial charge in [0, 0.05) is 13.3 Å². The van der Waals surface area contributed by atoms with E-state index in [1.807, 2.05) is 4.90 Å². The molecule has 2 nitrogen and oxygen atoms in total. The fraction of sp³-hybridized carbons (Fsp3) is 0.909. The van der Waals surface area contributed by atoms with E-state index in [0.717, 1.165) is 39.0 Å². The Morgan fingerprint density at radius 2 is 2.13 bits per heavy atom. The summed E-state index contributed by atoms with van der Waals surface area (Å²) in [5.41, 5.74) is 0. The maximum Gasteiger partial charge on any atom is 0.257 e. The van der Waals surface area contributed by atoms with Crippen molar-refractivity contribution < 1.29 is 13.6 Å². The van der Waals surface area contributed by atoms with Crippen molar-refractivity contribution >= 4 is 6.29 Å². The largest absolute Gasteiger partial charge is 0.303 e. The minimum atomic E-state index is -2.61. The van der Waals surface area contributed by atoms with Gasteiger partial charge < -0.3 is 4.79 Å². The quantitative estimate of drug-likeness (QED) is 0.676. The highest BCUT2D eigenvalue weighted by Gasteiger charge is 2.26. The number of hydrogen-bond acceptors (Lipinski definition) is 2. The standard InChI is InChI=1S/C11H19F2NO/c1-11(12,13)9-14-6-2-3-10(4-7-14)5-8-15/h8,10H,2-7,9H2,1H3. The van der Waals surface area contributed by atoms with Crippen molar-refractivity contribution in [2.24, 2.45) is 5.92 Å². The van der Waals surface area contributed by atoms with Crippen LogP contribution < -0.4 is 0 Å². The first kappa shape index (κ1) is 12.6. The first-order chi connectivity index (χ1) is 7.01. The minimum Gasteiger partial charge on any atom is -0.303 e. The lowest BCUT2D eigenvalue weighted by Crippen LogP contribution is -2.35. The molecule has 1 fully saturated rings. The molecule has 4 heteroatoms. The number of aldehydes is 1. The summed E-state index contributed by atoms with van der Waals surface area (Å²) in [7, 11) is 0. The summed E-state index contributed by atoms with van der Waals surface area (Å²) in [5, 5.41) is 0. The van der Waals surface area contributed by atoms with Gasteiger partial charge in [0.1, 0.15) is 6.29 Å². The van der Waals surface area contributed by atoms with Crippen molar-refractivity contribution in [1.29, 1.82) is 0 Å². The van der Waals surface area contributed by atoms with Crippen molar-refractivity contribution in [3.63, 3.8) is 0 Å². The summed E-state index contributed by atoms with van der Waals surface area (Å²) in [6.45, 7) is 2.24. The highest BCUT2D eigenvalue weighted by molar-refractivity contribution is 5.49. The van der Waals surface area contributed by atoms with Crippen molar-refractivity contribution in [1.82, 2.24) is 4.90 Å². The lowest BCUT2D eigenvalue weighted by Gasteiger charge is -2.23. The Hall–Kier alpha value is -0.510. The third-order valence-corrected chi connectivity index (χ3v) is 2.87. The molecule has 0 aromatic rings. The van der Waals surface area contributed by atoms with E-state index in [-0.39, 0.29) is 6.54 Å². The van der Waals surface area contributed by atoms with E-state index in [4.69, 9.17) is 0 Å². The van der Waals surface area contributed by atoms with Gasteiger partial charge in [-0.05, 0) is 38.3 Å². The van der Waals surface area contributed by atoms with Gasteiger partial charge in [-0.25, -0.2) is 8.78 Å². The molecule has 88 valence electrons. The maximum atomic E-state index is 12.8. The molecule has 1 aliphatic rings. The van der Waals surface area contributed by atoms with Crippen LogP contribution in [0.4, 0.5) is 8.78 Å². The van der Waals surface area contributed by atoms with Crippen LogP contribution in [-0.2, 0) is 4.79 Å². The van der Waals surface area contributed by atoms with E-state index in [1.165, 1.54) is 0 Å². The van der Waals surface area contributed by atoms with E-state index in [1.54, 1.807) is 0 Å². The van der Waals surface area contributed by atoms with Crippen LogP contribution in [0.25, 0.3) is 0 Å². The zero-order valence-corrected chi connectivity index (χ0v) is 9.22. The van der Waals surface area contributed by atoms with Crippen LogP contribution in [-0.4, -0.2) is 36.7 Å². The van der Waals surface area contributed by atoms with E-state index < -0.39 is 5.92 Å². The second-order valence-corrected chi connectivity index (χ2v) is 4.55. The van der Waals surface area contributed by atoms with Crippen molar-refractivity contribution in [3.8, 4) is 0 Å². The van der Waals surface area contributed by atoms with Crippen molar-refractivity contribution in [2.45, 2.75) is 38.5 Å². The Balaban J connectivity index is 2.35. The van der Waals surface area contributed by atoms with Gasteiger partial charge >= 0.3 is 0 Å². The van der Waals surface area contributed by atoms with Crippen LogP contribution in [0.5, 0.6) is 0 Å². The fourth-order valence-corrected chi connectivity index (χ4v) is 2.15. The number of likely N-dealkylation sites (tertiary alicyclic amines) is 1. The van der Waals surface area contributed by atoms with E-state index in [0.29, 0.717) is 18.9 Å². The number of alkyl halides is 2. The van der Waals surface area contributed by atoms with Gasteiger partial charge in [0.05, 0.1) is 6.54 Å². The Morgan fingerprint density at radius 1 is 1.40 bits per heavy atom. The second-order valence-electron chi connectivity index (χ2n) is 4.55. The molecule has 1 heterocycles. The molecule has 0 aliphatic carbocycles. The topological polar surface area (TPSA) is 20.3 Å². The number of hydrogen-bond donors (Lipinski definition) is 0. The molecular weight excluding hydrogens is 200 g/mol. The molecule has 0 N–H and O–H groups in total. The molecule has 0 spiro atoms. The van der Waals surface area contributed by atoms with Gasteiger partial charge in [-0.3, -0.25) is 4.90 Å². The second kappa shape index (κ2) is 5.54. The molecule has 0 amide bonds. The Bertz CT molecular complexity index is 203. The Kier molecular flexibility index (Phi) is 4.64. The SMILES string of the molecule is CC(F)(F)CN1CCCC(CC=O)CC1. The highest BCUT2D eigenvalue weighted by Crippen LogP contribution is 2.22. The summed E-state index contributed by atoms with van der Waals surface area (Å²) in [6.07, 6.45) is 4.30. The first-order valence-electron chi connectivity index (χ1n) is 5.55. The molecule has 0 bridgehead atoms. The lowest BCUT2D eigenvalue weighted by molar-refractivity contribution is -0.108. The van der Waals surface area contributed by atoms with Gasteiger partial charge in [0.25, 0.3) is 5.92 Å². The molecule has 1 unspecified atom stereocenters. The molecule has 15 heavy (non-hydrogen) atoms. The van der Waals surface area contributed by atoms with E-state index in [2.05, 4.69) is 0 Å². The molecule has 1 atom stereocenters. The van der Waals surface area contributed by atoms with Crippen molar-refractivity contribution in [3.05, 3.63) is 0 Å². The smallest absolute Gasteiger partial charge is 0.257 e. The summed E-state index contributed by atoms with van der Waals surface area (Å²) < 4.78 is 25.6. The summed E-state index contributed by atoms with van der Waals surface area (Å²) in [5.74, 6) is -2.21. The Labute approximate surface area is 89.6 Å². The number of carbonyl (C=O) groups excluding carboxylic acids is 1. The third kappa shape index (κ3) is 5.21. The minimum absolute atomic E-state index is 0.152. The summed E-state index contributed by atoms with van der Waals surface area (Å²) in [4.78, 5) is 12.2. The van der Waals surface area contributed by atoms with Crippen LogP contribution in [0, 0.1) is 5.92 Å². The molecule has 1 rings (SSSR count). The number of nitrogens with zero attached hydrogens (tertiary/aromatic N) is 1. The van der Waals surface area contributed by atoms with Gasteiger partial charge in [0.2, 0.25) is 0 Å². The molecule has 0 aromatic heterocycles. The Morgan fingerprint density at radius 3 is 2.73 bits per heavy atom. The maximum absolute atomic E-state index is 12.8. The third-order valence-electron chi connectivity index (χ3n) is 2.87. The van der Waals surface area contributed by atoms with Crippen LogP contribution >= 0.6 is 0 Å². The van der Waals surface area contributed by atoms with Crippen molar-refractivity contribution in [2.75, 3.05) is 19.6 Å². The number of halogens is 2.